The third kappa shape index (κ3) is 48.4. The number of carbonyl (C=O) groups excluding carboxylic acids is 20. The zero-order valence-corrected chi connectivity index (χ0v) is 82.9. The topological polar surface area (TPSA) is 906 Å². The maximum absolute atomic E-state index is 14.6. The fourth-order valence-electron chi connectivity index (χ4n) is 13.6. The molecule has 0 heterocycles. The first-order chi connectivity index (χ1) is 68.3. The molecule has 0 saturated heterocycles. The molecular formula is C89H143N25O30S. The van der Waals surface area contributed by atoms with Gasteiger partial charge in [0.1, 0.15) is 90.6 Å². The molecular weight excluding hydrogens is 1930 g/mol. The van der Waals surface area contributed by atoms with Crippen LogP contribution in [-0.4, -0.2) is 357 Å². The number of rotatable bonds is 69. The van der Waals surface area contributed by atoms with Gasteiger partial charge in [0.15, 0.2) is 5.96 Å². The SMILES string of the molecule is CC[C@H](C)[C@H](NC(=O)[C@@H](NC(=O)[C@H](CC(C)C)NC(=O)[C@@H](NC(=O)[C@H](Cc1ccccc1)NC(=O)[C@H](CCC(N)=O)NC(=O)[C@@H](NC(=O)CNC(=O)[C@H](CO)NC(=O)CNC(=O)[C@H](CO)NC(=O)CNC(=O)[C@H](CCCCN)NC(=O)[C@H](Cc1ccccc1)NC(=O)[C@@H](N)CCCNC(=N)N)[C@@H](C)O)[C@@H](C)O)[C@@H](C)O)C(=O)N[C@@H](CO)C(=O)NCC(=O)N[C@H](C(=O)N[C@@H](CCC(=O)O)C(=O)N[C@@H](CS)C(=O)O)C(C)C. The Kier molecular flexibility index (Phi) is 58.6. The number of benzene rings is 2. The number of carboxylic acid groups (broad SMARTS) is 2. The highest BCUT2D eigenvalue weighted by molar-refractivity contribution is 7.80. The number of nitrogens with one attached hydrogen (secondary N) is 21. The van der Waals surface area contributed by atoms with Gasteiger partial charge in [-0.3, -0.25) is 106 Å². The number of nitrogens with two attached hydrogens (primary N) is 4. The fraction of sp³-hybridized carbons (Fsp3) is 0.607. The molecule has 0 unspecified atom stereocenters. The van der Waals surface area contributed by atoms with Crippen LogP contribution in [0.15, 0.2) is 60.7 Å². The van der Waals surface area contributed by atoms with Crippen molar-refractivity contribution in [2.24, 2.45) is 40.7 Å². The van der Waals surface area contributed by atoms with E-state index in [2.05, 4.69) is 119 Å². The number of aliphatic hydroxyl groups is 6. The molecule has 20 atom stereocenters. The smallest absolute Gasteiger partial charge is 0.327 e. The van der Waals surface area contributed by atoms with Crippen LogP contribution in [0.3, 0.4) is 0 Å². The normalized spacial score (nSPS) is 15.2. The van der Waals surface area contributed by atoms with Gasteiger partial charge >= 0.3 is 11.9 Å². The molecule has 0 radical (unpaired) electrons. The summed E-state index contributed by atoms with van der Waals surface area (Å²) in [4.78, 5) is 296. The summed E-state index contributed by atoms with van der Waals surface area (Å²) in [5, 5.41) is 136. The Balaban J connectivity index is 2.26. The Bertz CT molecular complexity index is 4680. The second kappa shape index (κ2) is 66.8. The Morgan fingerprint density at radius 3 is 1.08 bits per heavy atom. The van der Waals surface area contributed by atoms with Gasteiger partial charge in [-0.05, 0) is 108 Å². The number of guanidine groups is 1. The lowest BCUT2D eigenvalue weighted by Crippen LogP contribution is -2.63. The van der Waals surface area contributed by atoms with Gasteiger partial charge in [0.05, 0.1) is 70.4 Å². The summed E-state index contributed by atoms with van der Waals surface area (Å²) in [7, 11) is 0. The average molecular weight is 2080 g/mol. The highest BCUT2D eigenvalue weighted by Gasteiger charge is 2.41. The van der Waals surface area contributed by atoms with Gasteiger partial charge < -0.3 is 170 Å². The number of primary amides is 1. The lowest BCUT2D eigenvalue weighted by Gasteiger charge is -2.30. The van der Waals surface area contributed by atoms with E-state index in [1.54, 1.807) is 69.3 Å². The quantitative estimate of drug-likeness (QED) is 0.0127. The number of aliphatic hydroxyl groups excluding tert-OH is 6. The van der Waals surface area contributed by atoms with Crippen LogP contribution >= 0.6 is 12.6 Å². The van der Waals surface area contributed by atoms with Crippen LogP contribution in [-0.2, 0) is 118 Å². The van der Waals surface area contributed by atoms with Gasteiger partial charge in [-0.2, -0.15) is 12.6 Å². The molecule has 0 fully saturated rings. The monoisotopic (exact) mass is 2070 g/mol. The Morgan fingerprint density at radius 1 is 0.359 bits per heavy atom. The summed E-state index contributed by atoms with van der Waals surface area (Å²) < 4.78 is 0. The van der Waals surface area contributed by atoms with E-state index in [1.807, 2.05) is 0 Å². The van der Waals surface area contributed by atoms with Crippen LogP contribution in [0, 0.1) is 23.2 Å². The molecule has 0 saturated carbocycles. The Labute approximate surface area is 841 Å². The summed E-state index contributed by atoms with van der Waals surface area (Å²) in [6.07, 6.45) is -7.19. The number of carbonyl (C=O) groups is 22. The molecule has 37 N–H and O–H groups in total. The fourth-order valence-corrected chi connectivity index (χ4v) is 13.8. The lowest BCUT2D eigenvalue weighted by atomic mass is 9.97. The van der Waals surface area contributed by atoms with Crippen LogP contribution < -0.4 is 129 Å². The third-order valence-electron chi connectivity index (χ3n) is 21.9. The second-order valence-corrected chi connectivity index (χ2v) is 35.3. The number of aliphatic carboxylic acids is 2. The van der Waals surface area contributed by atoms with Gasteiger partial charge in [-0.25, -0.2) is 4.79 Å². The summed E-state index contributed by atoms with van der Waals surface area (Å²) >= 11 is 3.88. The first-order valence-electron chi connectivity index (χ1n) is 46.7. The van der Waals surface area contributed by atoms with E-state index in [1.165, 1.54) is 32.9 Å². The van der Waals surface area contributed by atoms with Crippen molar-refractivity contribution in [1.82, 2.24) is 106 Å². The lowest BCUT2D eigenvalue weighted by molar-refractivity contribution is -0.142. The number of hydrogen-bond donors (Lipinski definition) is 34. The highest BCUT2D eigenvalue weighted by atomic mass is 32.1. The average Bonchev–Trinajstić information content (AvgIpc) is 0.823. The molecule has 55 nitrogen and oxygen atoms in total. The predicted octanol–water partition coefficient (Wildman–Crippen LogP) is -13.1. The molecule has 145 heavy (non-hydrogen) atoms. The number of hydrogen-bond acceptors (Lipinski definition) is 32. The van der Waals surface area contributed by atoms with E-state index < -0.39 is 341 Å². The largest absolute Gasteiger partial charge is 0.481 e. The Morgan fingerprint density at radius 2 is 0.690 bits per heavy atom. The number of unbranched alkanes of at least 4 members (excludes halogenated alkanes) is 1. The molecule has 2 aromatic carbocycles. The van der Waals surface area contributed by atoms with Crippen LogP contribution in [0.25, 0.3) is 0 Å². The standard InChI is InChI=1S/C89H143N25O30S/c1-10-45(6)69(84(139)108-60(41-117)77(132)99-37-65(124)110-68(44(4)5)83(138)103-54(27-29-67(126)127)79(134)109-61(42-145)88(143)144)112-87(142)72(48(9)120)114-81(136)55(32-43(2)3)107-86(141)71(47(8)119)113-82(137)57(34-50-22-15-12-16-23-50)106-78(133)53(26-28-62(92)121)104-85(140)70(46(7)118)111-66(125)38-98-76(131)59(40-116)101-64(123)36-97-75(130)58(39-115)100-63(122)35-96-74(129)52(25-17-18-30-90)102-80(135)56(33-49-20-13-11-14-21-49)105-73(128)51(91)24-19-31-95-89(93)94/h11-16,20-23,43-48,51-61,68-72,115-120,145H,10,17-19,24-42,90-91H2,1-9H3,(H2,92,121)(H,96,129)(H,97,130)(H,98,131)(H,99,132)(H,100,122)(H,101,123)(H,102,135)(H,103,138)(H,104,140)(H,105,128)(H,106,133)(H,107,141)(H,108,139)(H,109,134)(H,110,124)(H,111,125)(H,112,142)(H,113,137)(H,114,136)(H,126,127)(H,143,144)(H4,93,94,95)/t45-,46+,47+,48+,51-,52-,53-,54-,55-,56-,57-,58-,59-,60-,61-,68-,69-,70-,71-,72-/m0/s1. The minimum Gasteiger partial charge on any atom is -0.481 e. The molecule has 0 aromatic heterocycles. The van der Waals surface area contributed by atoms with E-state index in [4.69, 9.17) is 28.3 Å². The molecule has 810 valence electrons. The van der Waals surface area contributed by atoms with Gasteiger partial charge in [0.25, 0.3) is 0 Å². The highest BCUT2D eigenvalue weighted by Crippen LogP contribution is 2.16. The molecule has 0 aliphatic heterocycles. The van der Waals surface area contributed by atoms with Crippen molar-refractivity contribution in [3.8, 4) is 0 Å². The zero-order chi connectivity index (χ0) is 110. The van der Waals surface area contributed by atoms with E-state index in [9.17, 15) is 146 Å². The van der Waals surface area contributed by atoms with E-state index in [-0.39, 0.29) is 56.9 Å². The van der Waals surface area contributed by atoms with Crippen molar-refractivity contribution in [2.75, 3.05) is 64.8 Å². The first-order valence-corrected chi connectivity index (χ1v) is 47.3. The molecule has 2 rings (SSSR count). The van der Waals surface area contributed by atoms with Crippen LogP contribution in [0.4, 0.5) is 0 Å². The summed E-state index contributed by atoms with van der Waals surface area (Å²) in [6.45, 7) is 5.79. The first kappa shape index (κ1) is 127. The van der Waals surface area contributed by atoms with Crippen molar-refractivity contribution in [2.45, 2.75) is 261 Å². The van der Waals surface area contributed by atoms with Crippen molar-refractivity contribution >= 4 is 149 Å². The van der Waals surface area contributed by atoms with Crippen LogP contribution in [0.5, 0.6) is 0 Å². The summed E-state index contributed by atoms with van der Waals surface area (Å²) in [6, 6.07) is -10.3. The maximum atomic E-state index is 14.6. The number of thiol groups is 1. The number of amides is 20. The van der Waals surface area contributed by atoms with E-state index >= 15 is 0 Å². The van der Waals surface area contributed by atoms with Crippen molar-refractivity contribution in [1.29, 1.82) is 5.41 Å². The minimum atomic E-state index is -2.00. The van der Waals surface area contributed by atoms with E-state index in [0.29, 0.717) is 30.4 Å². The molecule has 20 amide bonds. The second-order valence-electron chi connectivity index (χ2n) is 34.9. The molecule has 0 aliphatic rings. The van der Waals surface area contributed by atoms with Crippen LogP contribution in [0.2, 0.25) is 0 Å². The molecule has 0 bridgehead atoms. The van der Waals surface area contributed by atoms with Crippen molar-refractivity contribution in [3.05, 3.63) is 71.8 Å². The molecule has 0 aliphatic carbocycles. The molecule has 2 aromatic rings. The predicted molar refractivity (Wildman–Crippen MR) is 518 cm³/mol. The third-order valence-corrected chi connectivity index (χ3v) is 22.3. The van der Waals surface area contributed by atoms with Gasteiger partial charge in [0.2, 0.25) is 118 Å². The summed E-state index contributed by atoms with van der Waals surface area (Å²) in [5.74, 6) is -27.6. The summed E-state index contributed by atoms with van der Waals surface area (Å²) in [5.41, 5.74) is 23.6. The zero-order valence-electron chi connectivity index (χ0n) is 82.1. The molecule has 0 spiro atoms. The maximum Gasteiger partial charge on any atom is 0.327 e. The van der Waals surface area contributed by atoms with Gasteiger partial charge in [-0.15, -0.1) is 0 Å². The number of carboxylic acids is 2. The van der Waals surface area contributed by atoms with Crippen molar-refractivity contribution < 1.29 is 146 Å². The van der Waals surface area contributed by atoms with Gasteiger partial charge in [-0.1, -0.05) is 109 Å². The van der Waals surface area contributed by atoms with Gasteiger partial charge in [0, 0.05) is 38.0 Å². The molecule has 56 heteroatoms. The van der Waals surface area contributed by atoms with Crippen molar-refractivity contribution in [3.63, 3.8) is 0 Å². The van der Waals surface area contributed by atoms with E-state index in [0.717, 1.165) is 20.8 Å². The van der Waals surface area contributed by atoms with Crippen LogP contribution in [0.1, 0.15) is 144 Å². The Hall–Kier alpha value is -13.9. The minimum absolute atomic E-state index is 0.00498.